The summed E-state index contributed by atoms with van der Waals surface area (Å²) in [5, 5.41) is 58.6. The highest BCUT2D eigenvalue weighted by atomic mass is 79.9. The molecule has 7 aromatic heterocycles. The first-order valence-electron chi connectivity index (χ1n) is 59.2. The van der Waals surface area contributed by atoms with E-state index in [1.807, 2.05) is 106 Å². The van der Waals surface area contributed by atoms with Crippen molar-refractivity contribution in [3.05, 3.63) is 114 Å². The Balaban J connectivity index is 0.00000532. The number of aryl methyl sites for hydroxylation is 2. The van der Waals surface area contributed by atoms with Gasteiger partial charge in [-0.15, -0.1) is 45.3 Å². The molecule has 12 rings (SSSR count). The van der Waals surface area contributed by atoms with Crippen LogP contribution < -0.4 is 0 Å². The van der Waals surface area contributed by atoms with Gasteiger partial charge in [0.05, 0.1) is 56.8 Å². The van der Waals surface area contributed by atoms with Gasteiger partial charge in [0.15, 0.2) is 11.6 Å². The first kappa shape index (κ1) is 120. The highest BCUT2D eigenvalue weighted by Gasteiger charge is 2.38. The predicted molar refractivity (Wildman–Crippen MR) is 642 cm³/mol. The summed E-state index contributed by atoms with van der Waals surface area (Å²) in [6.45, 7) is 21.1. The first-order valence-corrected chi connectivity index (χ1v) is 65.7. The average molecular weight is 2170 g/mol. The van der Waals surface area contributed by atoms with Crippen molar-refractivity contribution in [2.75, 3.05) is 11.7 Å². The van der Waals surface area contributed by atoms with Gasteiger partial charge in [0.25, 0.3) is 0 Å². The quantitative estimate of drug-likeness (QED) is 0.0157. The number of benzene rings is 3. The average Bonchev–Trinajstić information content (AvgIpc) is 1.50. The van der Waals surface area contributed by atoms with Crippen LogP contribution in [0.5, 0.6) is 0 Å². The third-order valence-electron chi connectivity index (χ3n) is 31.7. The number of unbranched alkanes of at least 4 members (excludes halogenated alkanes) is 52. The highest BCUT2D eigenvalue weighted by molar-refractivity contribution is 9.09. The summed E-state index contributed by atoms with van der Waals surface area (Å²) in [7, 11) is 0. The molecule has 0 radical (unpaired) electrons. The van der Waals surface area contributed by atoms with Gasteiger partial charge in [-0.1, -0.05) is 508 Å². The number of aromatic nitrogens is 5. The molecule has 10 aromatic rings. The zero-order chi connectivity index (χ0) is 103. The zero-order valence-corrected chi connectivity index (χ0v) is 98.4. The fraction of sp³-hybridized carbons (Fsp3) is 0.656. The molecular formula is C128H185Br2N9O2S4. The Morgan fingerprint density at radius 2 is 0.538 bits per heavy atom. The van der Waals surface area contributed by atoms with Crippen LogP contribution in [0, 0.1) is 63.1 Å². The van der Waals surface area contributed by atoms with Gasteiger partial charge in [-0.05, 0) is 128 Å². The van der Waals surface area contributed by atoms with Crippen molar-refractivity contribution in [1.82, 2.24) is 24.1 Å². The van der Waals surface area contributed by atoms with E-state index in [9.17, 15) is 21.0 Å². The van der Waals surface area contributed by atoms with Crippen molar-refractivity contribution < 1.29 is 9.59 Å². The summed E-state index contributed by atoms with van der Waals surface area (Å²) >= 11 is 13.6. The molecule has 17 heteroatoms. The Kier molecular flexibility index (Phi) is 57.0. The van der Waals surface area contributed by atoms with Crippen LogP contribution in [0.3, 0.4) is 0 Å². The summed E-state index contributed by atoms with van der Waals surface area (Å²) in [4.78, 5) is 35.3. The summed E-state index contributed by atoms with van der Waals surface area (Å²) in [5.41, 5.74) is 13.9. The van der Waals surface area contributed by atoms with Crippen molar-refractivity contribution >= 4 is 184 Å². The van der Waals surface area contributed by atoms with Crippen LogP contribution in [0.15, 0.2) is 70.8 Å². The lowest BCUT2D eigenvalue weighted by Crippen LogP contribution is -2.14. The summed E-state index contributed by atoms with van der Waals surface area (Å²) < 4.78 is 13.6. The maximum absolute atomic E-state index is 15.5. The van der Waals surface area contributed by atoms with Gasteiger partial charge < -0.3 is 9.13 Å². The molecule has 0 spiro atoms. The third kappa shape index (κ3) is 34.1. The molecule has 0 bridgehead atoms. The number of fused-ring (bicyclic) bond motifs is 16. The van der Waals surface area contributed by atoms with E-state index in [1.165, 1.54) is 425 Å². The largest absolute Gasteiger partial charge is 0.337 e. The Morgan fingerprint density at radius 3 is 0.814 bits per heavy atom. The summed E-state index contributed by atoms with van der Waals surface area (Å²) in [6, 6.07) is 24.4. The molecule has 3 unspecified atom stereocenters. The third-order valence-corrected chi connectivity index (χ3v) is 36.8. The van der Waals surface area contributed by atoms with E-state index in [0.29, 0.717) is 62.3 Å². The maximum atomic E-state index is 15.5. The van der Waals surface area contributed by atoms with E-state index in [2.05, 4.69) is 138 Å². The molecule has 0 amide bonds. The van der Waals surface area contributed by atoms with E-state index in [4.69, 9.17) is 10.2 Å². The standard InChI is InChI=1S/C126H179N9O2S4.2CH3Br/c1-9-17-25-32-38-44-48-52-58-65-76-94(74-63-56-50-42-36-29-21-13-5)91-133-115-111(123-117(133)125-121(140-123)103(83-67-60-54-46-40-34-27-19-11-3)107(138-125)85-105-109(97(87-127)88-128)99-79-69-71-81-101(99)119(105)136)113-114(132-135(131-113)93-96(73-24-16-8)78-62-31-23-15-7)112-116(115)134(92-95(75-64-57-51-43-37-30-22-14-6)77-66-59-53-49-45-39-33-26-18-10-2)118-124(112)141-122-104(84-68-61-55-47-41-35-28-20-12-4)108(139-126(118)122)86-106-110(98(89-129)90-130)100-80-70-72-82-102(100)120(106)137;2*1-2/h69-72,79-82,85-86,94-96H,9-68,73-78,83-84,91-93H2,1-8H3;2*1H3. The minimum Gasteiger partial charge on any atom is -0.337 e. The van der Waals surface area contributed by atoms with Gasteiger partial charge in [-0.3, -0.25) is 9.59 Å². The lowest BCUT2D eigenvalue weighted by atomic mass is 9.93. The molecule has 0 fully saturated rings. The number of alkyl halides is 2. The monoisotopic (exact) mass is 2170 g/mol. The molecule has 0 saturated heterocycles. The number of Topliss-reactive ketones (excluding diaryl/α,β-unsaturated/α-hetero) is 2. The van der Waals surface area contributed by atoms with Gasteiger partial charge in [0.2, 0.25) is 0 Å². The second kappa shape index (κ2) is 68.9. The van der Waals surface area contributed by atoms with Crippen LogP contribution >= 0.6 is 77.2 Å². The Hall–Kier alpha value is -6.80. The molecule has 7 heterocycles. The Bertz CT molecular complexity index is 5500. The minimum absolute atomic E-state index is 0.0272. The van der Waals surface area contributed by atoms with Crippen molar-refractivity contribution in [1.29, 1.82) is 21.0 Å². The highest BCUT2D eigenvalue weighted by Crippen LogP contribution is 2.57. The molecule has 0 aliphatic heterocycles. The van der Waals surface area contributed by atoms with E-state index in [-0.39, 0.29) is 22.7 Å². The van der Waals surface area contributed by atoms with Crippen molar-refractivity contribution in [2.24, 2.45) is 17.8 Å². The Morgan fingerprint density at radius 1 is 0.297 bits per heavy atom. The van der Waals surface area contributed by atoms with E-state index < -0.39 is 0 Å². The number of nitrogens with zero attached hydrogens (tertiary/aromatic N) is 9. The molecule has 145 heavy (non-hydrogen) atoms. The fourth-order valence-electron chi connectivity index (χ4n) is 23.5. The number of thiophene rings is 4. The zero-order valence-electron chi connectivity index (χ0n) is 91.9. The molecule has 0 saturated carbocycles. The molecule has 3 aromatic carbocycles. The summed E-state index contributed by atoms with van der Waals surface area (Å²) in [5.74, 6) is 4.55. The van der Waals surface area contributed by atoms with Gasteiger partial charge in [-0.2, -0.15) is 36.0 Å². The van der Waals surface area contributed by atoms with E-state index >= 15 is 9.59 Å². The second-order valence-corrected chi connectivity index (χ2v) is 47.1. The van der Waals surface area contributed by atoms with Crippen LogP contribution in [0.25, 0.3) is 95.4 Å². The van der Waals surface area contributed by atoms with Crippen LogP contribution in [-0.4, -0.2) is 47.4 Å². The van der Waals surface area contributed by atoms with Gasteiger partial charge >= 0.3 is 0 Å². The normalized spacial score (nSPS) is 13.7. The maximum Gasteiger partial charge on any atom is 0.194 e. The number of halogens is 2. The summed E-state index contributed by atoms with van der Waals surface area (Å²) in [6.07, 6.45) is 88.3. The van der Waals surface area contributed by atoms with Crippen molar-refractivity contribution in [3.8, 4) is 24.3 Å². The second-order valence-electron chi connectivity index (χ2n) is 42.9. The minimum atomic E-state index is -0.129. The van der Waals surface area contributed by atoms with Gasteiger partial charge in [-0.25, -0.2) is 0 Å². The number of carbonyl (C=O) groups is 2. The lowest BCUT2D eigenvalue weighted by molar-refractivity contribution is 0.103. The van der Waals surface area contributed by atoms with Crippen molar-refractivity contribution in [3.63, 3.8) is 0 Å². The predicted octanol–water partition coefficient (Wildman–Crippen LogP) is 43.2. The molecule has 792 valence electrons. The molecule has 2 aliphatic carbocycles. The number of ketones is 2. The van der Waals surface area contributed by atoms with E-state index in [1.54, 1.807) is 0 Å². The number of rotatable bonds is 76. The number of nitriles is 4. The molecule has 0 N–H and O–H groups in total. The van der Waals surface area contributed by atoms with Crippen LogP contribution in [0.2, 0.25) is 0 Å². The Labute approximate surface area is 910 Å². The topological polar surface area (TPSA) is 170 Å². The smallest absolute Gasteiger partial charge is 0.194 e. The van der Waals surface area contributed by atoms with E-state index in [0.717, 1.165) is 124 Å². The van der Waals surface area contributed by atoms with Gasteiger partial charge in [0, 0.05) is 67.0 Å². The molecule has 11 nitrogen and oxygen atoms in total. The lowest BCUT2D eigenvalue weighted by Gasteiger charge is -2.22. The fourth-order valence-corrected chi connectivity index (χ4v) is 29.4. The molecular weight excluding hydrogens is 1980 g/mol. The molecule has 2 aliphatic rings. The first-order chi connectivity index (χ1) is 71.5. The van der Waals surface area contributed by atoms with Crippen molar-refractivity contribution in [2.45, 2.75) is 512 Å². The van der Waals surface area contributed by atoms with Crippen LogP contribution in [0.1, 0.15) is 532 Å². The van der Waals surface area contributed by atoms with Crippen LogP contribution in [0.4, 0.5) is 0 Å². The SMILES string of the molecule is CBr.CBr.CCCCCCCCCCCCC(CCCCCCCCCC)Cn1c2c3sc(C=C4C(=O)c5ccccc5C4=C(C#N)C#N)c(CCCCCCCCCCC)c3sc2c2c3nn(CC(CCCC)CCCCCC)nc3c3c4sc5c(CCCCCCCCCCC)c(C=C6C(=O)c7ccccc7C6=C(C#N)C#N)sc5c4n(CC(CCCCCCCCCC)CCCCCCCCCCCC)c3c21. The number of hydrogen-bond acceptors (Lipinski definition) is 12. The van der Waals surface area contributed by atoms with Gasteiger partial charge in [0.1, 0.15) is 46.5 Å². The number of hydrogen-bond donors (Lipinski definition) is 0. The van der Waals surface area contributed by atoms with Crippen LogP contribution in [-0.2, 0) is 32.5 Å². The molecule has 3 atom stereocenters. The number of allylic oxidation sites excluding steroid dienone is 6. The number of carbonyl (C=O) groups excluding carboxylic acids is 2.